The van der Waals surface area contributed by atoms with Gasteiger partial charge in [-0.3, -0.25) is 0 Å². The molecule has 0 spiro atoms. The van der Waals surface area contributed by atoms with Gasteiger partial charge >= 0.3 is 0 Å². The molecule has 0 aromatic heterocycles. The van der Waals surface area contributed by atoms with Gasteiger partial charge in [0.2, 0.25) is 0 Å². The molecule has 178 valence electrons. The van der Waals surface area contributed by atoms with E-state index in [2.05, 4.69) is 40.7 Å². The molecule has 0 aromatic rings. The minimum Gasteiger partial charge on any atom is -0.395 e. The third kappa shape index (κ3) is 3.96. The Balaban J connectivity index is 1.50. The van der Waals surface area contributed by atoms with Crippen molar-refractivity contribution >= 4 is 0 Å². The quantitative estimate of drug-likeness (QED) is 0.427. The molecule has 0 amide bonds. The summed E-state index contributed by atoms with van der Waals surface area (Å²) in [5.41, 5.74) is 1.88. The number of rotatable bonds is 7. The highest BCUT2D eigenvalue weighted by Gasteiger charge is 2.60. The smallest absolute Gasteiger partial charge is 0.0577 e. The van der Waals surface area contributed by atoms with E-state index in [-0.39, 0.29) is 11.5 Å². The van der Waals surface area contributed by atoms with Crippen LogP contribution >= 0.6 is 0 Å². The molecule has 4 aliphatic rings. The SMILES string of the molecule is CC[C@H](CC[C@H](C)[C@@H]1CC[C@H]2[C@H]3CC=C4C[C@@H](O)CC[C@]4(CO)[C@@H]3CC[C@@]21C)C(C)C. The van der Waals surface area contributed by atoms with Crippen molar-refractivity contribution < 1.29 is 10.2 Å². The number of allylic oxidation sites excluding steroid dienone is 1. The van der Waals surface area contributed by atoms with Crippen molar-refractivity contribution in [1.29, 1.82) is 0 Å². The molecule has 3 fully saturated rings. The highest BCUT2D eigenvalue weighted by atomic mass is 16.3. The first-order chi connectivity index (χ1) is 14.8. The Kier molecular flexibility index (Phi) is 7.01. The number of hydrogen-bond donors (Lipinski definition) is 2. The number of aliphatic hydroxyl groups is 2. The second-order valence-corrected chi connectivity index (χ2v) is 12.7. The highest BCUT2D eigenvalue weighted by molar-refractivity contribution is 5.26. The summed E-state index contributed by atoms with van der Waals surface area (Å²) in [5, 5.41) is 20.9. The van der Waals surface area contributed by atoms with Gasteiger partial charge in [0, 0.05) is 5.41 Å². The molecule has 0 heterocycles. The van der Waals surface area contributed by atoms with Gasteiger partial charge in [-0.15, -0.1) is 0 Å². The van der Waals surface area contributed by atoms with E-state index in [0.29, 0.717) is 17.9 Å². The van der Waals surface area contributed by atoms with Crippen molar-refractivity contribution in [2.75, 3.05) is 6.61 Å². The second kappa shape index (κ2) is 9.13. The monoisotopic (exact) mass is 430 g/mol. The van der Waals surface area contributed by atoms with E-state index in [4.69, 9.17) is 0 Å². The molecule has 0 radical (unpaired) electrons. The van der Waals surface area contributed by atoms with Crippen LogP contribution in [0.5, 0.6) is 0 Å². The molecular formula is C29H50O2. The topological polar surface area (TPSA) is 40.5 Å². The molecule has 0 aliphatic heterocycles. The maximum absolute atomic E-state index is 10.6. The summed E-state index contributed by atoms with van der Waals surface area (Å²) >= 11 is 0. The Morgan fingerprint density at radius 1 is 1.03 bits per heavy atom. The van der Waals surface area contributed by atoms with E-state index < -0.39 is 0 Å². The number of hydrogen-bond acceptors (Lipinski definition) is 2. The highest BCUT2D eigenvalue weighted by Crippen LogP contribution is 2.67. The number of aliphatic hydroxyl groups excluding tert-OH is 2. The average Bonchev–Trinajstić information content (AvgIpc) is 3.10. The Labute approximate surface area is 192 Å². The van der Waals surface area contributed by atoms with Crippen LogP contribution in [0.2, 0.25) is 0 Å². The molecular weight excluding hydrogens is 380 g/mol. The van der Waals surface area contributed by atoms with E-state index in [9.17, 15) is 10.2 Å². The zero-order valence-corrected chi connectivity index (χ0v) is 21.1. The van der Waals surface area contributed by atoms with Gasteiger partial charge in [0.15, 0.2) is 0 Å². The Morgan fingerprint density at radius 2 is 1.81 bits per heavy atom. The third-order valence-corrected chi connectivity index (χ3v) is 11.3. The second-order valence-electron chi connectivity index (χ2n) is 12.7. The first-order valence-corrected chi connectivity index (χ1v) is 13.7. The van der Waals surface area contributed by atoms with Gasteiger partial charge in [-0.25, -0.2) is 0 Å². The number of fused-ring (bicyclic) bond motifs is 5. The predicted molar refractivity (Wildman–Crippen MR) is 130 cm³/mol. The van der Waals surface area contributed by atoms with E-state index in [1.165, 1.54) is 56.9 Å². The lowest BCUT2D eigenvalue weighted by molar-refractivity contribution is -0.0797. The van der Waals surface area contributed by atoms with E-state index in [1.807, 2.05) is 0 Å². The molecule has 0 aromatic carbocycles. The molecule has 31 heavy (non-hydrogen) atoms. The first-order valence-electron chi connectivity index (χ1n) is 13.7. The summed E-state index contributed by atoms with van der Waals surface area (Å²) in [4.78, 5) is 0. The van der Waals surface area contributed by atoms with Gasteiger partial charge in [0.25, 0.3) is 0 Å². The van der Waals surface area contributed by atoms with Gasteiger partial charge in [0.1, 0.15) is 0 Å². The fourth-order valence-electron chi connectivity index (χ4n) is 9.39. The van der Waals surface area contributed by atoms with Crippen molar-refractivity contribution in [3.8, 4) is 0 Å². The third-order valence-electron chi connectivity index (χ3n) is 11.3. The Hall–Kier alpha value is -0.340. The maximum atomic E-state index is 10.6. The van der Waals surface area contributed by atoms with Crippen LogP contribution in [0, 0.1) is 52.3 Å². The predicted octanol–water partition coefficient (Wildman–Crippen LogP) is 7.00. The van der Waals surface area contributed by atoms with Crippen molar-refractivity contribution in [2.45, 2.75) is 111 Å². The average molecular weight is 431 g/mol. The Morgan fingerprint density at radius 3 is 2.48 bits per heavy atom. The van der Waals surface area contributed by atoms with Crippen molar-refractivity contribution in [3.05, 3.63) is 11.6 Å². The maximum Gasteiger partial charge on any atom is 0.0577 e. The molecule has 0 unspecified atom stereocenters. The molecule has 2 N–H and O–H groups in total. The molecule has 2 heteroatoms. The van der Waals surface area contributed by atoms with E-state index in [1.54, 1.807) is 0 Å². The Bertz CT molecular complexity index is 653. The van der Waals surface area contributed by atoms with Crippen LogP contribution in [-0.4, -0.2) is 22.9 Å². The lowest BCUT2D eigenvalue weighted by Gasteiger charge is -2.59. The van der Waals surface area contributed by atoms with Crippen molar-refractivity contribution in [3.63, 3.8) is 0 Å². The summed E-state index contributed by atoms with van der Waals surface area (Å²) in [7, 11) is 0. The summed E-state index contributed by atoms with van der Waals surface area (Å²) in [5.74, 6) is 5.64. The van der Waals surface area contributed by atoms with Crippen LogP contribution in [0.1, 0.15) is 105 Å². The van der Waals surface area contributed by atoms with Crippen LogP contribution in [-0.2, 0) is 0 Å². The molecule has 4 rings (SSSR count). The molecule has 9 atom stereocenters. The summed E-state index contributed by atoms with van der Waals surface area (Å²) in [6, 6.07) is 0. The van der Waals surface area contributed by atoms with Crippen LogP contribution in [0.4, 0.5) is 0 Å². The zero-order valence-electron chi connectivity index (χ0n) is 21.1. The van der Waals surface area contributed by atoms with Crippen LogP contribution < -0.4 is 0 Å². The summed E-state index contributed by atoms with van der Waals surface area (Å²) in [6.07, 6.45) is 15.7. The van der Waals surface area contributed by atoms with Crippen molar-refractivity contribution in [2.24, 2.45) is 52.3 Å². The minimum absolute atomic E-state index is 0.0151. The van der Waals surface area contributed by atoms with E-state index in [0.717, 1.165) is 54.8 Å². The van der Waals surface area contributed by atoms with Gasteiger partial charge in [-0.05, 0) is 105 Å². The fraction of sp³-hybridized carbons (Fsp3) is 0.931. The van der Waals surface area contributed by atoms with Crippen LogP contribution in [0.15, 0.2) is 11.6 Å². The molecule has 3 saturated carbocycles. The normalized spacial score (nSPS) is 44.3. The molecule has 0 saturated heterocycles. The van der Waals surface area contributed by atoms with Gasteiger partial charge < -0.3 is 10.2 Å². The summed E-state index contributed by atoms with van der Waals surface area (Å²) < 4.78 is 0. The molecule has 2 nitrogen and oxygen atoms in total. The van der Waals surface area contributed by atoms with Crippen LogP contribution in [0.25, 0.3) is 0 Å². The molecule has 0 bridgehead atoms. The largest absolute Gasteiger partial charge is 0.395 e. The summed E-state index contributed by atoms with van der Waals surface area (Å²) in [6.45, 7) is 12.7. The standard InChI is InChI=1S/C29H50O2/c1-6-21(19(2)3)8-7-20(4)25-11-12-26-24-10-9-22-17-23(31)13-16-29(22,18-30)27(24)14-15-28(25,26)5/h9,19-21,23-27,30-31H,6-8,10-18H2,1-5H3/t20-,21+,23-,24+,25-,26-,27+,28+,29+/m0/s1. The van der Waals surface area contributed by atoms with Gasteiger partial charge in [-0.1, -0.05) is 59.1 Å². The zero-order chi connectivity index (χ0) is 22.4. The first kappa shape index (κ1) is 23.8. The lowest BCUT2D eigenvalue weighted by Crippen LogP contribution is -2.53. The fourth-order valence-corrected chi connectivity index (χ4v) is 9.39. The van der Waals surface area contributed by atoms with Gasteiger partial charge in [0.05, 0.1) is 12.7 Å². The lowest BCUT2D eigenvalue weighted by atomic mass is 9.46. The van der Waals surface area contributed by atoms with Crippen molar-refractivity contribution in [1.82, 2.24) is 0 Å². The van der Waals surface area contributed by atoms with Crippen LogP contribution in [0.3, 0.4) is 0 Å². The molecule has 4 aliphatic carbocycles. The minimum atomic E-state index is -0.189. The van der Waals surface area contributed by atoms with Gasteiger partial charge in [-0.2, -0.15) is 0 Å². The van der Waals surface area contributed by atoms with E-state index >= 15 is 0 Å².